The molecule has 0 spiro atoms. The van der Waals surface area contributed by atoms with Gasteiger partial charge in [0.05, 0.1) is 5.54 Å². The number of carbonyl (C=O) groups is 3. The smallest absolute Gasteiger partial charge is 0.331 e. The maximum atomic E-state index is 13.1. The van der Waals surface area contributed by atoms with Crippen molar-refractivity contribution in [2.75, 3.05) is 27.7 Å². The Morgan fingerprint density at radius 3 is 1.73 bits per heavy atom. The molecule has 0 aromatic rings. The molecule has 0 saturated heterocycles. The molecule has 2 N–H and O–H groups in total. The minimum absolute atomic E-state index is 0.166. The van der Waals surface area contributed by atoms with Gasteiger partial charge in [0.25, 0.3) is 0 Å². The Morgan fingerprint density at radius 1 is 1.00 bits per heavy atom. The first kappa shape index (κ1) is 30.3. The van der Waals surface area contributed by atoms with Gasteiger partial charge in [-0.25, -0.2) is 4.79 Å². The Labute approximate surface area is 183 Å². The number of hydrogen-bond acceptors (Lipinski definition) is 4. The van der Waals surface area contributed by atoms with Gasteiger partial charge < -0.3 is 15.3 Å². The third-order valence-electron chi connectivity index (χ3n) is 5.22. The number of aliphatic carboxylic acids is 1. The molecule has 0 aliphatic rings. The molecule has 7 heteroatoms. The summed E-state index contributed by atoms with van der Waals surface area (Å²) in [7, 11) is 5.34. The molecule has 0 aromatic carbocycles. The van der Waals surface area contributed by atoms with Crippen molar-refractivity contribution in [2.24, 2.45) is 5.41 Å². The Balaban J connectivity index is 0. The van der Waals surface area contributed by atoms with Crippen LogP contribution in [0.5, 0.6) is 0 Å². The molecule has 30 heavy (non-hydrogen) atoms. The van der Waals surface area contributed by atoms with Crippen LogP contribution in [0.4, 0.5) is 0 Å². The van der Waals surface area contributed by atoms with Crippen molar-refractivity contribution in [3.8, 4) is 0 Å². The van der Waals surface area contributed by atoms with Gasteiger partial charge in [0, 0.05) is 19.2 Å². The summed E-state index contributed by atoms with van der Waals surface area (Å²) in [6.45, 7) is 15.5. The van der Waals surface area contributed by atoms with Crippen molar-refractivity contribution < 1.29 is 19.5 Å². The van der Waals surface area contributed by atoms with Gasteiger partial charge >= 0.3 is 5.97 Å². The molecule has 0 bridgehead atoms. The number of carboxylic acids is 1. The largest absolute Gasteiger partial charge is 0.478 e. The third kappa shape index (κ3) is 8.86. The van der Waals surface area contributed by atoms with Gasteiger partial charge in [-0.15, -0.1) is 0 Å². The second kappa shape index (κ2) is 13.4. The predicted molar refractivity (Wildman–Crippen MR) is 123 cm³/mol. The van der Waals surface area contributed by atoms with Crippen LogP contribution in [-0.2, 0) is 14.4 Å². The van der Waals surface area contributed by atoms with Crippen LogP contribution < -0.4 is 5.32 Å². The highest BCUT2D eigenvalue weighted by Gasteiger charge is 2.42. The highest BCUT2D eigenvalue weighted by Crippen LogP contribution is 2.26. The van der Waals surface area contributed by atoms with Crippen LogP contribution in [0, 0.1) is 5.41 Å². The zero-order valence-electron chi connectivity index (χ0n) is 21.0. The molecule has 1 unspecified atom stereocenters. The van der Waals surface area contributed by atoms with Crippen LogP contribution in [0.1, 0.15) is 74.7 Å². The predicted octanol–water partition coefficient (Wildman–Crippen LogP) is 3.54. The van der Waals surface area contributed by atoms with Gasteiger partial charge in [0.2, 0.25) is 11.8 Å². The summed E-state index contributed by atoms with van der Waals surface area (Å²) in [5, 5.41) is 11.9. The number of carboxylic acid groups (broad SMARTS) is 1. The molecule has 0 rings (SSSR count). The summed E-state index contributed by atoms with van der Waals surface area (Å²) in [6, 6.07) is -0.717. The molecule has 176 valence electrons. The monoisotopic (exact) mass is 427 g/mol. The van der Waals surface area contributed by atoms with Gasteiger partial charge in [-0.2, -0.15) is 0 Å². The molecule has 1 atom stereocenters. The van der Waals surface area contributed by atoms with Crippen molar-refractivity contribution in [2.45, 2.75) is 86.2 Å². The number of rotatable bonds is 9. The molecule has 2 amide bonds. The van der Waals surface area contributed by atoms with Crippen LogP contribution in [0.3, 0.4) is 0 Å². The van der Waals surface area contributed by atoms with Crippen molar-refractivity contribution in [3.63, 3.8) is 0 Å². The number of nitrogens with zero attached hydrogens (tertiary/aromatic N) is 2. The average Bonchev–Trinajstić information content (AvgIpc) is 2.64. The Hall–Kier alpha value is -1.89. The lowest BCUT2D eigenvalue weighted by atomic mass is 9.83. The maximum absolute atomic E-state index is 13.1. The molecule has 0 aliphatic carbocycles. The first-order chi connectivity index (χ1) is 13.7. The van der Waals surface area contributed by atoms with Crippen LogP contribution in [0.2, 0.25) is 0 Å². The van der Waals surface area contributed by atoms with Crippen molar-refractivity contribution in [1.29, 1.82) is 0 Å². The van der Waals surface area contributed by atoms with Crippen molar-refractivity contribution >= 4 is 17.8 Å². The minimum Gasteiger partial charge on any atom is -0.478 e. The molecular formula is C23H45N3O4. The molecule has 0 saturated carbocycles. The van der Waals surface area contributed by atoms with E-state index in [0.29, 0.717) is 12.8 Å². The number of amides is 2. The average molecular weight is 428 g/mol. The fourth-order valence-corrected chi connectivity index (χ4v) is 2.99. The van der Waals surface area contributed by atoms with Crippen molar-refractivity contribution in [1.82, 2.24) is 15.1 Å². The number of nitrogens with one attached hydrogen (secondary N) is 1. The van der Waals surface area contributed by atoms with E-state index >= 15 is 0 Å². The van der Waals surface area contributed by atoms with Gasteiger partial charge in [-0.1, -0.05) is 61.0 Å². The molecule has 0 fully saturated rings. The molecular weight excluding hydrogens is 382 g/mol. The lowest BCUT2D eigenvalue weighted by Gasteiger charge is -2.40. The van der Waals surface area contributed by atoms with E-state index in [1.165, 1.54) is 24.3 Å². The first-order valence-corrected chi connectivity index (χ1v) is 10.8. The summed E-state index contributed by atoms with van der Waals surface area (Å²) in [5.74, 6) is -1.43. The normalized spacial score (nSPS) is 13.3. The minimum atomic E-state index is -1.02. The Kier molecular flexibility index (Phi) is 13.6. The van der Waals surface area contributed by atoms with Crippen LogP contribution in [0.25, 0.3) is 0 Å². The van der Waals surface area contributed by atoms with E-state index in [2.05, 4.69) is 19.2 Å². The number of carbonyl (C=O) groups excluding carboxylic acids is 2. The zero-order chi connectivity index (χ0) is 24.3. The van der Waals surface area contributed by atoms with Gasteiger partial charge in [0.1, 0.15) is 6.04 Å². The summed E-state index contributed by atoms with van der Waals surface area (Å²) < 4.78 is 0. The SMILES string of the molecule is CCC.CCC(CC)(C(=O)NC(C(=O)N(C)C/C=C(\C)C(=O)O)C(C)(C)C)N(C)C. The highest BCUT2D eigenvalue weighted by molar-refractivity contribution is 5.92. The fourth-order valence-electron chi connectivity index (χ4n) is 2.99. The summed E-state index contributed by atoms with van der Waals surface area (Å²) in [5.41, 5.74) is -0.997. The molecule has 0 heterocycles. The lowest BCUT2D eigenvalue weighted by Crippen LogP contribution is -2.62. The van der Waals surface area contributed by atoms with Gasteiger partial charge in [-0.3, -0.25) is 14.5 Å². The Morgan fingerprint density at radius 2 is 1.43 bits per heavy atom. The van der Waals surface area contributed by atoms with Gasteiger partial charge in [-0.05, 0) is 39.3 Å². The van der Waals surface area contributed by atoms with Crippen LogP contribution in [0.15, 0.2) is 11.6 Å². The number of likely N-dealkylation sites (N-methyl/N-ethyl adjacent to an activating group) is 2. The molecule has 0 aliphatic heterocycles. The van der Waals surface area contributed by atoms with E-state index in [0.717, 1.165) is 0 Å². The van der Waals surface area contributed by atoms with E-state index < -0.39 is 23.0 Å². The summed E-state index contributed by atoms with van der Waals surface area (Å²) in [4.78, 5) is 40.4. The third-order valence-corrected chi connectivity index (χ3v) is 5.22. The lowest BCUT2D eigenvalue weighted by molar-refractivity contribution is -0.142. The van der Waals surface area contributed by atoms with Crippen molar-refractivity contribution in [3.05, 3.63) is 11.6 Å². The molecule has 7 nitrogen and oxygen atoms in total. The Bertz CT molecular complexity index is 588. The van der Waals surface area contributed by atoms with Crippen LogP contribution in [-0.4, -0.2) is 72.0 Å². The van der Waals surface area contributed by atoms with E-state index in [-0.39, 0.29) is 23.9 Å². The molecule has 0 radical (unpaired) electrons. The molecule has 0 aromatic heterocycles. The van der Waals surface area contributed by atoms with E-state index in [1.807, 2.05) is 53.6 Å². The van der Waals surface area contributed by atoms with E-state index in [4.69, 9.17) is 5.11 Å². The second-order valence-electron chi connectivity index (χ2n) is 9.02. The highest BCUT2D eigenvalue weighted by atomic mass is 16.4. The zero-order valence-corrected chi connectivity index (χ0v) is 21.0. The maximum Gasteiger partial charge on any atom is 0.331 e. The van der Waals surface area contributed by atoms with E-state index in [9.17, 15) is 14.4 Å². The quantitative estimate of drug-likeness (QED) is 0.549. The second-order valence-corrected chi connectivity index (χ2v) is 9.02. The fraction of sp³-hybridized carbons (Fsp3) is 0.783. The number of hydrogen-bond donors (Lipinski definition) is 2. The summed E-state index contributed by atoms with van der Waals surface area (Å²) >= 11 is 0. The van der Waals surface area contributed by atoms with Crippen LogP contribution >= 0.6 is 0 Å². The van der Waals surface area contributed by atoms with Gasteiger partial charge in [0.15, 0.2) is 0 Å². The van der Waals surface area contributed by atoms with E-state index in [1.54, 1.807) is 7.05 Å². The first-order valence-electron chi connectivity index (χ1n) is 10.8. The topological polar surface area (TPSA) is 90.0 Å². The standard InChI is InChI=1S/C20H37N3O4.C3H8/c1-10-20(11-2,22(7)8)18(27)21-15(19(4,5)6)16(24)23(9)13-12-14(3)17(25)26;1-3-2/h12,15H,10-11,13H2,1-9H3,(H,21,27)(H,25,26);3H2,1-2H3/b14-12+;. The summed E-state index contributed by atoms with van der Waals surface area (Å²) in [6.07, 6.45) is 4.00.